The number of aromatic amines is 1. The number of hydrogen-bond acceptors (Lipinski definition) is 2. The van der Waals surface area contributed by atoms with E-state index in [9.17, 15) is 9.18 Å². The normalized spacial score (nSPS) is 21.1. The Morgan fingerprint density at radius 3 is 3.05 bits per heavy atom. The summed E-state index contributed by atoms with van der Waals surface area (Å²) in [5.74, 6) is -0.370. The van der Waals surface area contributed by atoms with Crippen LogP contribution in [-0.4, -0.2) is 34.1 Å². The lowest BCUT2D eigenvalue weighted by molar-refractivity contribution is 0.167. The number of para-hydroxylation sites is 1. The molecule has 0 aliphatic carbocycles. The Morgan fingerprint density at radius 1 is 1.42 bits per heavy atom. The fourth-order valence-corrected chi connectivity index (χ4v) is 2.91. The highest BCUT2D eigenvalue weighted by molar-refractivity contribution is 5.75. The van der Waals surface area contributed by atoms with Crippen molar-refractivity contribution in [2.45, 2.75) is 31.8 Å². The van der Waals surface area contributed by atoms with Gasteiger partial charge in [-0.05, 0) is 38.6 Å². The number of likely N-dealkylation sites (N-methyl/N-ethyl adjacent to an activating group) is 1. The van der Waals surface area contributed by atoms with Gasteiger partial charge < -0.3 is 9.88 Å². The maximum absolute atomic E-state index is 13.6. The number of nitrogens with one attached hydrogen (secondary N) is 1. The van der Waals surface area contributed by atoms with Crippen LogP contribution in [0, 0.1) is 5.82 Å². The molecule has 1 aromatic carbocycles. The highest BCUT2D eigenvalue weighted by Crippen LogP contribution is 2.19. The first kappa shape index (κ1) is 12.4. The van der Waals surface area contributed by atoms with Crippen LogP contribution < -0.4 is 5.69 Å². The van der Waals surface area contributed by atoms with E-state index in [4.69, 9.17) is 0 Å². The van der Waals surface area contributed by atoms with Gasteiger partial charge in [-0.25, -0.2) is 9.18 Å². The number of nitrogens with zero attached hydrogens (tertiary/aromatic N) is 2. The second kappa shape index (κ2) is 4.81. The van der Waals surface area contributed by atoms with Gasteiger partial charge in [0.2, 0.25) is 0 Å². The van der Waals surface area contributed by atoms with Crippen molar-refractivity contribution < 1.29 is 4.39 Å². The summed E-state index contributed by atoms with van der Waals surface area (Å²) in [6, 6.07) is 5.16. The quantitative estimate of drug-likeness (QED) is 0.899. The summed E-state index contributed by atoms with van der Waals surface area (Å²) in [6.07, 6.45) is 3.50. The van der Waals surface area contributed by atoms with Crippen LogP contribution in [0.15, 0.2) is 23.0 Å². The van der Waals surface area contributed by atoms with E-state index < -0.39 is 0 Å². The van der Waals surface area contributed by atoms with E-state index in [2.05, 4.69) is 16.9 Å². The number of halogens is 1. The van der Waals surface area contributed by atoms with Crippen LogP contribution in [0.3, 0.4) is 0 Å². The molecule has 0 radical (unpaired) electrons. The van der Waals surface area contributed by atoms with Crippen molar-refractivity contribution in [3.05, 3.63) is 34.5 Å². The summed E-state index contributed by atoms with van der Waals surface area (Å²) >= 11 is 0. The van der Waals surface area contributed by atoms with E-state index in [0.29, 0.717) is 23.6 Å². The summed E-state index contributed by atoms with van der Waals surface area (Å²) in [5, 5.41) is 0. The molecule has 1 aliphatic rings. The van der Waals surface area contributed by atoms with Crippen molar-refractivity contribution in [3.8, 4) is 0 Å². The van der Waals surface area contributed by atoms with Gasteiger partial charge in [0.15, 0.2) is 0 Å². The van der Waals surface area contributed by atoms with Crippen LogP contribution in [-0.2, 0) is 6.54 Å². The Bertz CT molecular complexity index is 646. The van der Waals surface area contributed by atoms with Gasteiger partial charge in [0.1, 0.15) is 11.3 Å². The van der Waals surface area contributed by atoms with Gasteiger partial charge in [-0.2, -0.15) is 0 Å². The monoisotopic (exact) mass is 263 g/mol. The van der Waals surface area contributed by atoms with Gasteiger partial charge in [0.25, 0.3) is 0 Å². The molecule has 0 amide bonds. The van der Waals surface area contributed by atoms with Gasteiger partial charge in [0, 0.05) is 12.6 Å². The van der Waals surface area contributed by atoms with E-state index in [1.807, 2.05) is 0 Å². The van der Waals surface area contributed by atoms with Crippen LogP contribution in [0.1, 0.15) is 19.3 Å². The Kier molecular flexibility index (Phi) is 3.14. The van der Waals surface area contributed by atoms with Crippen LogP contribution in [0.2, 0.25) is 0 Å². The summed E-state index contributed by atoms with van der Waals surface area (Å²) in [7, 11) is 2.09. The van der Waals surface area contributed by atoms with Gasteiger partial charge in [0.05, 0.1) is 5.52 Å². The number of piperidine rings is 1. The van der Waals surface area contributed by atoms with E-state index in [0.717, 1.165) is 13.0 Å². The smallest absolute Gasteiger partial charge is 0.303 e. The van der Waals surface area contributed by atoms with Crippen LogP contribution in [0.5, 0.6) is 0 Å². The second-order valence-electron chi connectivity index (χ2n) is 5.30. The first-order valence-corrected chi connectivity index (χ1v) is 6.74. The van der Waals surface area contributed by atoms with Gasteiger partial charge in [-0.15, -0.1) is 0 Å². The third kappa shape index (κ3) is 2.18. The SMILES string of the molecule is CN1CCCCC1Cn1c(=O)[nH]c2c(F)cccc21. The van der Waals surface area contributed by atoms with Crippen LogP contribution >= 0.6 is 0 Å². The molecule has 1 saturated heterocycles. The van der Waals surface area contributed by atoms with Crippen molar-refractivity contribution in [2.75, 3.05) is 13.6 Å². The minimum absolute atomic E-state index is 0.223. The van der Waals surface area contributed by atoms with Crippen molar-refractivity contribution in [1.29, 1.82) is 0 Å². The largest absolute Gasteiger partial charge is 0.326 e. The zero-order valence-corrected chi connectivity index (χ0v) is 11.0. The van der Waals surface area contributed by atoms with Crippen LogP contribution in [0.4, 0.5) is 4.39 Å². The molecule has 2 aromatic rings. The maximum Gasteiger partial charge on any atom is 0.326 e. The standard InChI is InChI=1S/C14H18FN3O/c1-17-8-3-2-5-10(17)9-18-12-7-4-6-11(15)13(12)16-14(18)19/h4,6-7,10H,2-3,5,8-9H2,1H3,(H,16,19). The topological polar surface area (TPSA) is 41.0 Å². The Morgan fingerprint density at radius 2 is 2.26 bits per heavy atom. The summed E-state index contributed by atoms with van der Waals surface area (Å²) in [6.45, 7) is 1.69. The molecular formula is C14H18FN3O. The lowest BCUT2D eigenvalue weighted by Crippen LogP contribution is -2.40. The molecule has 0 saturated carbocycles. The van der Waals surface area contributed by atoms with Crippen molar-refractivity contribution in [1.82, 2.24) is 14.5 Å². The summed E-state index contributed by atoms with van der Waals surface area (Å²) < 4.78 is 15.3. The molecule has 1 unspecified atom stereocenters. The van der Waals surface area contributed by atoms with Crippen molar-refractivity contribution >= 4 is 11.0 Å². The zero-order valence-electron chi connectivity index (χ0n) is 11.0. The maximum atomic E-state index is 13.6. The third-order valence-electron chi connectivity index (χ3n) is 4.07. The summed E-state index contributed by atoms with van der Waals surface area (Å²) in [5.41, 5.74) is 0.744. The number of likely N-dealkylation sites (tertiary alicyclic amines) is 1. The van der Waals surface area contributed by atoms with Gasteiger partial charge >= 0.3 is 5.69 Å². The molecule has 3 rings (SSSR count). The molecule has 1 aliphatic heterocycles. The number of rotatable bonds is 2. The van der Waals surface area contributed by atoms with E-state index in [-0.39, 0.29) is 11.5 Å². The molecule has 1 N–H and O–H groups in total. The molecule has 0 spiro atoms. The molecule has 2 heterocycles. The fourth-order valence-electron chi connectivity index (χ4n) is 2.91. The zero-order chi connectivity index (χ0) is 13.4. The van der Waals surface area contributed by atoms with Crippen molar-refractivity contribution in [2.24, 2.45) is 0 Å². The third-order valence-corrected chi connectivity index (χ3v) is 4.07. The lowest BCUT2D eigenvalue weighted by Gasteiger charge is -2.32. The minimum atomic E-state index is -0.370. The van der Waals surface area contributed by atoms with Gasteiger partial charge in [-0.3, -0.25) is 4.57 Å². The van der Waals surface area contributed by atoms with Crippen LogP contribution in [0.25, 0.3) is 11.0 Å². The highest BCUT2D eigenvalue weighted by Gasteiger charge is 2.21. The van der Waals surface area contributed by atoms with Crippen molar-refractivity contribution in [3.63, 3.8) is 0 Å². The number of aromatic nitrogens is 2. The molecule has 1 fully saturated rings. The van der Waals surface area contributed by atoms with E-state index in [1.165, 1.54) is 18.9 Å². The summed E-state index contributed by atoms with van der Waals surface area (Å²) in [4.78, 5) is 16.9. The van der Waals surface area contributed by atoms with Gasteiger partial charge in [-0.1, -0.05) is 12.5 Å². The average Bonchev–Trinajstić information content (AvgIpc) is 2.71. The predicted molar refractivity (Wildman–Crippen MR) is 72.8 cm³/mol. The van der Waals surface area contributed by atoms with E-state index >= 15 is 0 Å². The Labute approximate surface area is 110 Å². The molecule has 102 valence electrons. The van der Waals surface area contributed by atoms with E-state index in [1.54, 1.807) is 16.7 Å². The molecule has 1 atom stereocenters. The molecule has 1 aromatic heterocycles. The number of fused-ring (bicyclic) bond motifs is 1. The molecule has 19 heavy (non-hydrogen) atoms. The number of imidazole rings is 1. The average molecular weight is 263 g/mol. The molecular weight excluding hydrogens is 245 g/mol. The predicted octanol–water partition coefficient (Wildman–Crippen LogP) is 1.95. The molecule has 4 nitrogen and oxygen atoms in total. The first-order valence-electron chi connectivity index (χ1n) is 6.74. The number of hydrogen-bond donors (Lipinski definition) is 1. The first-order chi connectivity index (χ1) is 9.16. The minimum Gasteiger partial charge on any atom is -0.303 e. The Balaban J connectivity index is 1.98. The highest BCUT2D eigenvalue weighted by atomic mass is 19.1. The Hall–Kier alpha value is -1.62. The number of benzene rings is 1. The number of H-pyrrole nitrogens is 1. The fraction of sp³-hybridized carbons (Fsp3) is 0.500. The second-order valence-corrected chi connectivity index (χ2v) is 5.30. The molecule has 5 heteroatoms. The lowest BCUT2D eigenvalue weighted by atomic mass is 10.0. The molecule has 0 bridgehead atoms.